The summed E-state index contributed by atoms with van der Waals surface area (Å²) in [6.07, 6.45) is 0. The zero-order chi connectivity index (χ0) is 13.9. The predicted molar refractivity (Wildman–Crippen MR) is 82.2 cm³/mol. The van der Waals surface area contributed by atoms with E-state index >= 15 is 0 Å². The predicted octanol–water partition coefficient (Wildman–Crippen LogP) is 4.35. The van der Waals surface area contributed by atoms with Gasteiger partial charge in [-0.2, -0.15) is 0 Å². The normalized spacial score (nSPS) is 10.4. The Balaban J connectivity index is 1.91. The number of carbonyl (C=O) groups excluding carboxylic acids is 1. The fraction of sp³-hybridized carbons (Fsp3) is 0.0588. The van der Waals surface area contributed by atoms with Gasteiger partial charge >= 0.3 is 0 Å². The molecule has 1 aromatic heterocycles. The first-order chi connectivity index (χ1) is 9.75. The smallest absolute Gasteiger partial charge is 0.204 e. The van der Waals surface area contributed by atoms with E-state index in [9.17, 15) is 4.79 Å². The Morgan fingerprint density at radius 3 is 2.20 bits per heavy atom. The molecule has 3 aromatic rings. The number of carbonyl (C=O) groups is 1. The van der Waals surface area contributed by atoms with E-state index in [0.717, 1.165) is 21.7 Å². The molecule has 1 heterocycles. The van der Waals surface area contributed by atoms with Gasteiger partial charge in [-0.05, 0) is 18.1 Å². The summed E-state index contributed by atoms with van der Waals surface area (Å²) in [6, 6.07) is 17.9. The average Bonchev–Trinajstić information content (AvgIpc) is 2.94. The van der Waals surface area contributed by atoms with Crippen LogP contribution in [0.15, 0.2) is 60.1 Å². The fourth-order valence-electron chi connectivity index (χ4n) is 2.10. The number of hydrogen-bond acceptors (Lipinski definition) is 3. The van der Waals surface area contributed by atoms with Gasteiger partial charge in [0, 0.05) is 5.56 Å². The third-order valence-corrected chi connectivity index (χ3v) is 4.13. The number of rotatable bonds is 3. The topological polar surface area (TPSA) is 30.0 Å². The summed E-state index contributed by atoms with van der Waals surface area (Å²) in [5.41, 5.74) is 5.48. The second-order valence-electron chi connectivity index (χ2n) is 4.54. The summed E-state index contributed by atoms with van der Waals surface area (Å²) in [5, 5.41) is 0. The maximum Gasteiger partial charge on any atom is 0.204 e. The number of ketones is 1. The maximum atomic E-state index is 12.3. The molecule has 0 N–H and O–H groups in total. The highest BCUT2D eigenvalue weighted by molar-refractivity contribution is 7.12. The minimum Gasteiger partial charge on any atom is -0.288 e. The highest BCUT2D eigenvalue weighted by Crippen LogP contribution is 2.22. The van der Waals surface area contributed by atoms with Crippen molar-refractivity contribution in [1.82, 2.24) is 4.98 Å². The molecule has 0 aliphatic rings. The molecular formula is C17H13NOS. The lowest BCUT2D eigenvalue weighted by atomic mass is 10.0. The van der Waals surface area contributed by atoms with Crippen LogP contribution in [0.25, 0.3) is 11.1 Å². The van der Waals surface area contributed by atoms with Gasteiger partial charge in [0.2, 0.25) is 5.78 Å². The van der Waals surface area contributed by atoms with Gasteiger partial charge in [0.25, 0.3) is 0 Å². The van der Waals surface area contributed by atoms with Crippen molar-refractivity contribution in [3.8, 4) is 11.1 Å². The molecule has 2 aromatic carbocycles. The monoisotopic (exact) mass is 279 g/mol. The molecule has 98 valence electrons. The lowest BCUT2D eigenvalue weighted by molar-refractivity contribution is 0.104. The number of aryl methyl sites for hydroxylation is 1. The number of nitrogens with zero attached hydrogens (tertiary/aromatic N) is 1. The zero-order valence-corrected chi connectivity index (χ0v) is 11.9. The molecular weight excluding hydrogens is 266 g/mol. The average molecular weight is 279 g/mol. The van der Waals surface area contributed by atoms with Gasteiger partial charge in [-0.3, -0.25) is 4.79 Å². The summed E-state index contributed by atoms with van der Waals surface area (Å²) < 4.78 is 0. The molecule has 0 atom stereocenters. The third kappa shape index (κ3) is 2.40. The van der Waals surface area contributed by atoms with Gasteiger partial charge in [-0.25, -0.2) is 4.98 Å². The van der Waals surface area contributed by atoms with Gasteiger partial charge in [0.05, 0.1) is 16.1 Å². The Kier molecular flexibility index (Phi) is 3.44. The first-order valence-electron chi connectivity index (χ1n) is 6.36. The van der Waals surface area contributed by atoms with Crippen molar-refractivity contribution in [2.75, 3.05) is 0 Å². The summed E-state index contributed by atoms with van der Waals surface area (Å²) in [4.78, 5) is 17.2. The molecule has 0 aliphatic carbocycles. The highest BCUT2D eigenvalue weighted by atomic mass is 32.1. The van der Waals surface area contributed by atoms with Crippen molar-refractivity contribution < 1.29 is 4.79 Å². The SMILES string of the molecule is Cc1ncsc1C(=O)c1ccc(-c2ccccc2)cc1. The Labute approximate surface area is 121 Å². The number of thiazole rings is 1. The molecule has 20 heavy (non-hydrogen) atoms. The van der Waals surface area contributed by atoms with Crippen LogP contribution in [0.3, 0.4) is 0 Å². The van der Waals surface area contributed by atoms with E-state index in [0.29, 0.717) is 5.56 Å². The largest absolute Gasteiger partial charge is 0.288 e. The molecule has 0 radical (unpaired) electrons. The van der Waals surface area contributed by atoms with Crippen molar-refractivity contribution in [2.24, 2.45) is 0 Å². The number of hydrogen-bond donors (Lipinski definition) is 0. The zero-order valence-electron chi connectivity index (χ0n) is 11.0. The van der Waals surface area contributed by atoms with Crippen molar-refractivity contribution >= 4 is 17.1 Å². The molecule has 0 unspecified atom stereocenters. The van der Waals surface area contributed by atoms with Crippen molar-refractivity contribution in [3.63, 3.8) is 0 Å². The number of benzene rings is 2. The third-order valence-electron chi connectivity index (χ3n) is 3.21. The molecule has 2 nitrogen and oxygen atoms in total. The van der Waals surface area contributed by atoms with Crippen LogP contribution in [0.4, 0.5) is 0 Å². The van der Waals surface area contributed by atoms with E-state index in [4.69, 9.17) is 0 Å². The van der Waals surface area contributed by atoms with Crippen molar-refractivity contribution in [1.29, 1.82) is 0 Å². The first-order valence-corrected chi connectivity index (χ1v) is 7.24. The van der Waals surface area contributed by atoms with Gasteiger partial charge in [0.1, 0.15) is 0 Å². The minimum absolute atomic E-state index is 0.0459. The van der Waals surface area contributed by atoms with Crippen LogP contribution in [0.5, 0.6) is 0 Å². The van der Waals surface area contributed by atoms with Crippen molar-refractivity contribution in [3.05, 3.63) is 76.2 Å². The van der Waals surface area contributed by atoms with Gasteiger partial charge < -0.3 is 0 Å². The summed E-state index contributed by atoms with van der Waals surface area (Å²) in [7, 11) is 0. The maximum absolute atomic E-state index is 12.3. The summed E-state index contributed by atoms with van der Waals surface area (Å²) in [5.74, 6) is 0.0459. The molecule has 0 bridgehead atoms. The van der Waals surface area contributed by atoms with Crippen LogP contribution in [-0.2, 0) is 0 Å². The highest BCUT2D eigenvalue weighted by Gasteiger charge is 2.13. The van der Waals surface area contributed by atoms with Crippen LogP contribution >= 0.6 is 11.3 Å². The van der Waals surface area contributed by atoms with E-state index in [1.807, 2.05) is 49.4 Å². The van der Waals surface area contributed by atoms with Gasteiger partial charge in [-0.15, -0.1) is 11.3 Å². The molecule has 3 rings (SSSR count). The Morgan fingerprint density at radius 2 is 1.60 bits per heavy atom. The summed E-state index contributed by atoms with van der Waals surface area (Å²) >= 11 is 1.39. The molecule has 0 saturated carbocycles. The quantitative estimate of drug-likeness (QED) is 0.667. The van der Waals surface area contributed by atoms with E-state index in [2.05, 4.69) is 17.1 Å². The van der Waals surface area contributed by atoms with Crippen LogP contribution in [-0.4, -0.2) is 10.8 Å². The molecule has 3 heteroatoms. The van der Waals surface area contributed by atoms with E-state index in [-0.39, 0.29) is 5.78 Å². The number of aromatic nitrogens is 1. The Morgan fingerprint density at radius 1 is 0.950 bits per heavy atom. The fourth-order valence-corrected chi connectivity index (χ4v) is 2.86. The van der Waals surface area contributed by atoms with Crippen LogP contribution in [0.1, 0.15) is 20.9 Å². The van der Waals surface area contributed by atoms with Crippen LogP contribution < -0.4 is 0 Å². The van der Waals surface area contributed by atoms with Crippen LogP contribution in [0.2, 0.25) is 0 Å². The molecule has 0 fully saturated rings. The van der Waals surface area contributed by atoms with E-state index in [1.54, 1.807) is 5.51 Å². The Bertz CT molecular complexity index is 729. The molecule has 0 spiro atoms. The Hall–Kier alpha value is -2.26. The van der Waals surface area contributed by atoms with E-state index in [1.165, 1.54) is 11.3 Å². The van der Waals surface area contributed by atoms with Gasteiger partial charge in [0.15, 0.2) is 0 Å². The lowest BCUT2D eigenvalue weighted by Gasteiger charge is -2.03. The second kappa shape index (κ2) is 5.39. The lowest BCUT2D eigenvalue weighted by Crippen LogP contribution is -2.00. The van der Waals surface area contributed by atoms with Gasteiger partial charge in [-0.1, -0.05) is 54.6 Å². The standard InChI is InChI=1S/C17H13NOS/c1-12-17(20-11-18-12)16(19)15-9-7-14(8-10-15)13-5-3-2-4-6-13/h2-11H,1H3. The van der Waals surface area contributed by atoms with E-state index < -0.39 is 0 Å². The van der Waals surface area contributed by atoms with Crippen LogP contribution in [0, 0.1) is 6.92 Å². The first kappa shape index (κ1) is 12.8. The van der Waals surface area contributed by atoms with Crippen molar-refractivity contribution in [2.45, 2.75) is 6.92 Å². The molecule has 0 saturated heterocycles. The summed E-state index contributed by atoms with van der Waals surface area (Å²) in [6.45, 7) is 1.86. The molecule has 0 amide bonds. The minimum atomic E-state index is 0.0459. The second-order valence-corrected chi connectivity index (χ2v) is 5.39. The molecule has 0 aliphatic heterocycles.